The van der Waals surface area contributed by atoms with Gasteiger partial charge in [-0.25, -0.2) is 19.6 Å². The number of nitrogens with zero attached hydrogens (tertiary/aromatic N) is 6. The zero-order valence-corrected chi connectivity index (χ0v) is 34.8. The fraction of sp³-hybridized carbons (Fsp3) is 0.455. The van der Waals surface area contributed by atoms with Gasteiger partial charge in [-0.3, -0.25) is 19.6 Å². The number of ether oxygens (including phenoxy) is 3. The number of aromatic nitrogens is 6. The van der Waals surface area contributed by atoms with Crippen molar-refractivity contribution in [3.63, 3.8) is 0 Å². The van der Waals surface area contributed by atoms with Crippen LogP contribution >= 0.6 is 0 Å². The summed E-state index contributed by atoms with van der Waals surface area (Å²) < 4.78 is 15.1. The predicted octanol–water partition coefficient (Wildman–Crippen LogP) is 5.94. The molecule has 320 valence electrons. The van der Waals surface area contributed by atoms with Gasteiger partial charge in [-0.1, -0.05) is 32.0 Å². The highest BCUT2D eigenvalue weighted by atomic mass is 16.5. The van der Waals surface area contributed by atoms with Crippen molar-refractivity contribution in [1.29, 1.82) is 0 Å². The van der Waals surface area contributed by atoms with Gasteiger partial charge in [0.15, 0.2) is 0 Å². The number of carbonyl (C=O) groups excluding carboxylic acids is 4. The van der Waals surface area contributed by atoms with E-state index >= 15 is 0 Å². The number of imidazole rings is 2. The third-order valence-electron chi connectivity index (χ3n) is 12.1. The molecule has 4 unspecified atom stereocenters. The number of alkyl carbamates (subject to hydrolysis) is 2. The molecule has 0 bridgehead atoms. The Kier molecular flexibility index (Phi) is 12.3. The maximum atomic E-state index is 14.0. The van der Waals surface area contributed by atoms with Gasteiger partial charge in [0.25, 0.3) is 0 Å². The van der Waals surface area contributed by atoms with Crippen molar-refractivity contribution in [2.24, 2.45) is 11.8 Å². The predicted molar refractivity (Wildman–Crippen MR) is 225 cm³/mol. The summed E-state index contributed by atoms with van der Waals surface area (Å²) in [5.41, 5.74) is 5.84. The summed E-state index contributed by atoms with van der Waals surface area (Å²) in [6.07, 6.45) is 10.4. The van der Waals surface area contributed by atoms with Gasteiger partial charge in [-0.05, 0) is 74.1 Å². The molecule has 17 nitrogen and oxygen atoms in total. The minimum Gasteiger partial charge on any atom is -0.453 e. The Morgan fingerprint density at radius 1 is 0.705 bits per heavy atom. The SMILES string of the molecule is COC(=O)NC(C(=O)N1CCCC1c1ncc(-c2ccc(-c3ccc4cc(-c5cnc(C6CCCN6C(=O)C(NC(=O)OC)C6CCOCC6)[nH]5)cnc4c3)cn2)[nH]1)C(C)C. The molecule has 8 rings (SSSR count). The molecule has 4 atom stereocenters. The molecule has 4 N–H and O–H groups in total. The molecule has 7 heterocycles. The molecule has 17 heteroatoms. The number of likely N-dealkylation sites (tertiary alicyclic amines) is 2. The number of fused-ring (bicyclic) bond motifs is 1. The van der Waals surface area contributed by atoms with Gasteiger partial charge in [-0.15, -0.1) is 0 Å². The number of pyridine rings is 2. The molecular formula is C44H52N10O7. The number of hydrogen-bond acceptors (Lipinski definition) is 11. The molecule has 4 aromatic heterocycles. The Labute approximate surface area is 353 Å². The zero-order chi connectivity index (χ0) is 42.6. The van der Waals surface area contributed by atoms with Gasteiger partial charge in [0.1, 0.15) is 23.7 Å². The Bertz CT molecular complexity index is 2370. The molecule has 0 radical (unpaired) electrons. The van der Waals surface area contributed by atoms with Crippen LogP contribution in [0.15, 0.2) is 61.2 Å². The lowest BCUT2D eigenvalue weighted by atomic mass is 9.90. The number of methoxy groups -OCH3 is 2. The lowest BCUT2D eigenvalue weighted by Gasteiger charge is -2.34. The van der Waals surface area contributed by atoms with Gasteiger partial charge in [0.05, 0.1) is 61.3 Å². The van der Waals surface area contributed by atoms with E-state index in [2.05, 4.69) is 31.7 Å². The number of H-pyrrole nitrogens is 2. The van der Waals surface area contributed by atoms with Crippen LogP contribution in [0.1, 0.15) is 76.1 Å². The van der Waals surface area contributed by atoms with Crippen LogP contribution in [0.5, 0.6) is 0 Å². The second kappa shape index (κ2) is 18.1. The maximum Gasteiger partial charge on any atom is 0.407 e. The maximum absolute atomic E-state index is 14.0. The Morgan fingerprint density at radius 3 is 1.98 bits per heavy atom. The molecule has 3 aliphatic rings. The fourth-order valence-electron chi connectivity index (χ4n) is 8.76. The quantitative estimate of drug-likeness (QED) is 0.123. The number of benzene rings is 1. The Balaban J connectivity index is 0.936. The van der Waals surface area contributed by atoms with Crippen LogP contribution in [0.2, 0.25) is 0 Å². The summed E-state index contributed by atoms with van der Waals surface area (Å²) >= 11 is 0. The summed E-state index contributed by atoms with van der Waals surface area (Å²) in [6.45, 7) is 6.04. The number of aromatic amines is 2. The number of hydrogen-bond donors (Lipinski definition) is 4. The van der Waals surface area contributed by atoms with Gasteiger partial charge in [0.2, 0.25) is 11.8 Å². The van der Waals surface area contributed by atoms with Gasteiger partial charge < -0.3 is 44.6 Å². The first kappa shape index (κ1) is 41.4. The summed E-state index contributed by atoms with van der Waals surface area (Å²) in [5, 5.41) is 6.45. The topological polar surface area (TPSA) is 210 Å². The van der Waals surface area contributed by atoms with Crippen molar-refractivity contribution in [1.82, 2.24) is 50.3 Å². The summed E-state index contributed by atoms with van der Waals surface area (Å²) in [6, 6.07) is 10.2. The molecule has 61 heavy (non-hydrogen) atoms. The first-order valence-electron chi connectivity index (χ1n) is 21.0. The number of carbonyl (C=O) groups is 4. The monoisotopic (exact) mass is 832 g/mol. The van der Waals surface area contributed by atoms with Crippen molar-refractivity contribution in [3.05, 3.63) is 72.8 Å². The minimum atomic E-state index is -0.705. The molecule has 4 amide bonds. The molecule has 1 aromatic carbocycles. The number of amides is 4. The fourth-order valence-corrected chi connectivity index (χ4v) is 8.76. The largest absolute Gasteiger partial charge is 0.453 e. The van der Waals surface area contributed by atoms with E-state index in [1.807, 2.05) is 61.5 Å². The molecule has 5 aromatic rings. The van der Waals surface area contributed by atoms with Crippen LogP contribution in [0.25, 0.3) is 44.7 Å². The van der Waals surface area contributed by atoms with E-state index < -0.39 is 24.3 Å². The average Bonchev–Trinajstić information content (AvgIpc) is 4.14. The van der Waals surface area contributed by atoms with E-state index in [0.717, 1.165) is 70.4 Å². The second-order valence-electron chi connectivity index (χ2n) is 16.2. The standard InChI is InChI=1S/C44H52N10O7/c1-25(2)37(51-43(57)59-3)41(55)53-15-5-8-36(53)40-48-24-34(50-40)31-12-11-29(21-45-31)27-9-10-28-19-30(22-46-32(28)20-27)33-23-47-39(49-33)35-7-6-16-54(35)42(56)38(52-44(58)60-4)26-13-17-61-18-14-26/h9-12,19-26,35-38H,5-8,13-18H2,1-4H3,(H,47,49)(H,48,50)(H,51,57)(H,52,58). The van der Waals surface area contributed by atoms with Gasteiger partial charge >= 0.3 is 12.2 Å². The summed E-state index contributed by atoms with van der Waals surface area (Å²) in [7, 11) is 2.59. The Morgan fingerprint density at radius 2 is 1.33 bits per heavy atom. The number of nitrogens with one attached hydrogen (secondary N) is 4. The van der Waals surface area contributed by atoms with Crippen LogP contribution in [-0.4, -0.2) is 116 Å². The normalized spacial score (nSPS) is 19.2. The van der Waals surface area contributed by atoms with E-state index in [1.54, 1.807) is 17.3 Å². The lowest BCUT2D eigenvalue weighted by molar-refractivity contribution is -0.137. The van der Waals surface area contributed by atoms with Crippen LogP contribution < -0.4 is 10.6 Å². The third-order valence-corrected chi connectivity index (χ3v) is 12.1. The second-order valence-corrected chi connectivity index (χ2v) is 16.2. The summed E-state index contributed by atoms with van der Waals surface area (Å²) in [5.74, 6) is 0.929. The Hall–Kier alpha value is -6.36. The first-order valence-corrected chi connectivity index (χ1v) is 21.0. The molecule has 3 fully saturated rings. The van der Waals surface area contributed by atoms with E-state index in [-0.39, 0.29) is 35.7 Å². The van der Waals surface area contributed by atoms with Crippen molar-refractivity contribution in [2.75, 3.05) is 40.5 Å². The van der Waals surface area contributed by atoms with Crippen molar-refractivity contribution < 1.29 is 33.4 Å². The van der Waals surface area contributed by atoms with Gasteiger partial charge in [0, 0.05) is 55.2 Å². The minimum absolute atomic E-state index is 0.0392. The van der Waals surface area contributed by atoms with Crippen molar-refractivity contribution in [2.45, 2.75) is 76.5 Å². The van der Waals surface area contributed by atoms with E-state index in [0.29, 0.717) is 50.8 Å². The molecule has 0 aliphatic carbocycles. The highest BCUT2D eigenvalue weighted by Crippen LogP contribution is 2.36. The molecule has 3 aliphatic heterocycles. The summed E-state index contributed by atoms with van der Waals surface area (Å²) in [4.78, 5) is 81.2. The number of rotatable bonds is 11. The van der Waals surface area contributed by atoms with Crippen molar-refractivity contribution >= 4 is 34.9 Å². The van der Waals surface area contributed by atoms with E-state index in [4.69, 9.17) is 29.2 Å². The van der Waals surface area contributed by atoms with Crippen LogP contribution in [0, 0.1) is 11.8 Å². The van der Waals surface area contributed by atoms with E-state index in [1.165, 1.54) is 14.2 Å². The highest BCUT2D eigenvalue weighted by molar-refractivity contribution is 5.88. The highest BCUT2D eigenvalue weighted by Gasteiger charge is 2.41. The van der Waals surface area contributed by atoms with Crippen LogP contribution in [-0.2, 0) is 23.8 Å². The van der Waals surface area contributed by atoms with Crippen LogP contribution in [0.3, 0.4) is 0 Å². The lowest BCUT2D eigenvalue weighted by Crippen LogP contribution is -2.53. The van der Waals surface area contributed by atoms with Crippen LogP contribution in [0.4, 0.5) is 9.59 Å². The molecular weight excluding hydrogens is 781 g/mol. The third kappa shape index (κ3) is 8.78. The first-order chi connectivity index (χ1) is 29.6. The average molecular weight is 833 g/mol. The zero-order valence-electron chi connectivity index (χ0n) is 34.8. The van der Waals surface area contributed by atoms with E-state index in [9.17, 15) is 19.2 Å². The van der Waals surface area contributed by atoms with Crippen molar-refractivity contribution in [3.8, 4) is 33.8 Å². The smallest absolute Gasteiger partial charge is 0.407 e. The molecule has 0 spiro atoms. The molecule has 3 saturated heterocycles. The molecule has 0 saturated carbocycles. The van der Waals surface area contributed by atoms with Gasteiger partial charge in [-0.2, -0.15) is 0 Å².